The fourth-order valence-electron chi connectivity index (χ4n) is 6.55. The number of hydrogen-bond acceptors (Lipinski definition) is 4. The van der Waals surface area contributed by atoms with Crippen LogP contribution in [0, 0.1) is 0 Å². The Morgan fingerprint density at radius 2 is 0.547 bits per heavy atom. The van der Waals surface area contributed by atoms with E-state index in [0.29, 0.717) is 0 Å². The van der Waals surface area contributed by atoms with E-state index in [4.69, 9.17) is 4.74 Å². The maximum Gasteiger partial charge on any atom is 0.130 e. The third kappa shape index (κ3) is 7.71. The van der Waals surface area contributed by atoms with Crippen molar-refractivity contribution in [1.82, 2.24) is 0 Å². The molecule has 0 fully saturated rings. The lowest BCUT2D eigenvalue weighted by Gasteiger charge is -2.33. The fourth-order valence-corrected chi connectivity index (χ4v) is 7.01. The van der Waals surface area contributed by atoms with Gasteiger partial charge in [0.05, 0.1) is 22.7 Å². The molecule has 0 bridgehead atoms. The van der Waals surface area contributed by atoms with Crippen molar-refractivity contribution in [2.75, 3.05) is 14.7 Å². The normalized spacial score (nSPS) is 10.7. The van der Waals surface area contributed by atoms with Gasteiger partial charge in [-0.2, -0.15) is 0 Å². The zero-order valence-electron chi connectivity index (χ0n) is 28.9. The molecule has 0 saturated carbocycles. The Morgan fingerprint density at radius 3 is 0.887 bits per heavy atom. The summed E-state index contributed by atoms with van der Waals surface area (Å²) in [4.78, 5) is 6.92. The Labute approximate surface area is 319 Å². The first kappa shape index (κ1) is 33.6. The van der Waals surface area contributed by atoms with Crippen LogP contribution in [0.5, 0.6) is 11.5 Å². The van der Waals surface area contributed by atoms with Gasteiger partial charge in [-0.15, -0.1) is 0 Å². The number of rotatable bonds is 11. The molecule has 8 aromatic carbocycles. The Hall–Kier alpha value is -6.56. The molecule has 5 heteroatoms. The van der Waals surface area contributed by atoms with Crippen molar-refractivity contribution >= 4 is 67.1 Å². The number of para-hydroxylation sites is 6. The van der Waals surface area contributed by atoms with E-state index >= 15 is 0 Å². The van der Waals surface area contributed by atoms with Gasteiger partial charge < -0.3 is 19.4 Å². The quantitative estimate of drug-likeness (QED) is 0.131. The molecule has 0 aromatic heterocycles. The predicted octanol–water partition coefficient (Wildman–Crippen LogP) is 14.7. The minimum absolute atomic E-state index is 0.725. The van der Waals surface area contributed by atoms with Crippen molar-refractivity contribution in [2.24, 2.45) is 0 Å². The number of halogens is 1. The summed E-state index contributed by atoms with van der Waals surface area (Å²) in [5.74, 6) is 1.50. The third-order valence-corrected chi connectivity index (χ3v) is 9.28. The molecular formula is C48H36BrN3O. The largest absolute Gasteiger partial charge is 0.457 e. The Bertz CT molecular complexity index is 2200. The highest BCUT2D eigenvalue weighted by atomic mass is 79.9. The molecule has 8 rings (SSSR count). The summed E-state index contributed by atoms with van der Waals surface area (Å²) >= 11 is 3.81. The van der Waals surface area contributed by atoms with Gasteiger partial charge in [-0.1, -0.05) is 125 Å². The van der Waals surface area contributed by atoms with Gasteiger partial charge in [0.15, 0.2) is 0 Å². The van der Waals surface area contributed by atoms with Gasteiger partial charge in [0.25, 0.3) is 0 Å². The zero-order chi connectivity index (χ0) is 35.8. The van der Waals surface area contributed by atoms with Crippen LogP contribution in [0.2, 0.25) is 0 Å². The second-order valence-corrected chi connectivity index (χ2v) is 13.4. The zero-order valence-corrected chi connectivity index (χ0v) is 30.5. The molecule has 0 spiro atoms. The first-order valence-electron chi connectivity index (χ1n) is 17.5. The van der Waals surface area contributed by atoms with Crippen molar-refractivity contribution in [1.29, 1.82) is 0 Å². The number of ether oxygens (including phenoxy) is 1. The highest BCUT2D eigenvalue weighted by molar-refractivity contribution is 9.10. The van der Waals surface area contributed by atoms with E-state index in [-0.39, 0.29) is 0 Å². The number of benzene rings is 8. The smallest absolute Gasteiger partial charge is 0.130 e. The summed E-state index contributed by atoms with van der Waals surface area (Å²) in [5, 5.41) is 0. The molecule has 0 aliphatic rings. The topological polar surface area (TPSA) is 19.0 Å². The van der Waals surface area contributed by atoms with Crippen LogP contribution in [0.15, 0.2) is 223 Å². The van der Waals surface area contributed by atoms with E-state index in [0.717, 1.165) is 67.2 Å². The van der Waals surface area contributed by atoms with E-state index in [2.05, 4.69) is 207 Å². The molecule has 53 heavy (non-hydrogen) atoms. The minimum atomic E-state index is 0.725. The Balaban J connectivity index is 1.39. The van der Waals surface area contributed by atoms with Gasteiger partial charge in [-0.05, 0) is 103 Å². The third-order valence-electron chi connectivity index (χ3n) is 8.83. The fraction of sp³-hybridized carbons (Fsp3) is 0. The Kier molecular flexibility index (Phi) is 9.99. The molecule has 8 aromatic rings. The number of nitrogens with zero attached hydrogens (tertiary/aromatic N) is 3. The first-order valence-corrected chi connectivity index (χ1v) is 18.3. The molecule has 0 heterocycles. The SMILES string of the molecule is Brc1cc(Oc2ccccc2)cc(N(c2ccccc2)c2cc(N(c3ccccc3)c3ccccc3)cc(N(c3ccccc3)c3ccccc3)c2)c1. The second kappa shape index (κ2) is 15.8. The van der Waals surface area contributed by atoms with Crippen LogP contribution in [-0.2, 0) is 0 Å². The van der Waals surface area contributed by atoms with E-state index in [1.165, 1.54) is 0 Å². The monoisotopic (exact) mass is 749 g/mol. The maximum atomic E-state index is 6.40. The summed E-state index contributed by atoms with van der Waals surface area (Å²) in [6, 6.07) is 75.6. The standard InChI is InChI=1S/C48H36BrN3O/c49-37-31-43(36-48(32-37)53-47-29-17-6-18-30-47)52(42-27-15-5-16-28-42)46-34-44(50(38-19-7-1-8-20-38)39-21-9-2-10-22-39)33-45(35-46)51(40-23-11-3-12-24-40)41-25-13-4-14-26-41/h1-36H. The summed E-state index contributed by atoms with van der Waals surface area (Å²) in [7, 11) is 0. The summed E-state index contributed by atoms with van der Waals surface area (Å²) in [6.45, 7) is 0. The van der Waals surface area contributed by atoms with E-state index in [1.807, 2.05) is 42.5 Å². The molecule has 0 N–H and O–H groups in total. The van der Waals surface area contributed by atoms with Gasteiger partial charge in [0, 0.05) is 39.0 Å². The van der Waals surface area contributed by atoms with Crippen molar-refractivity contribution in [3.63, 3.8) is 0 Å². The van der Waals surface area contributed by atoms with E-state index in [1.54, 1.807) is 0 Å². The van der Waals surface area contributed by atoms with Crippen LogP contribution >= 0.6 is 15.9 Å². The molecule has 0 saturated heterocycles. The number of anilines is 9. The minimum Gasteiger partial charge on any atom is -0.457 e. The molecule has 256 valence electrons. The van der Waals surface area contributed by atoms with E-state index in [9.17, 15) is 0 Å². The van der Waals surface area contributed by atoms with Crippen LogP contribution in [0.1, 0.15) is 0 Å². The molecule has 0 unspecified atom stereocenters. The van der Waals surface area contributed by atoms with Crippen LogP contribution in [0.25, 0.3) is 0 Å². The van der Waals surface area contributed by atoms with Crippen molar-refractivity contribution in [2.45, 2.75) is 0 Å². The van der Waals surface area contributed by atoms with Gasteiger partial charge in [-0.25, -0.2) is 0 Å². The molecule has 0 radical (unpaired) electrons. The van der Waals surface area contributed by atoms with Crippen LogP contribution in [0.3, 0.4) is 0 Å². The predicted molar refractivity (Wildman–Crippen MR) is 225 cm³/mol. The molecule has 0 aliphatic heterocycles. The number of hydrogen-bond donors (Lipinski definition) is 0. The molecule has 0 aliphatic carbocycles. The summed E-state index contributed by atoms with van der Waals surface area (Å²) in [6.07, 6.45) is 0. The van der Waals surface area contributed by atoms with Crippen molar-refractivity contribution < 1.29 is 4.74 Å². The van der Waals surface area contributed by atoms with Crippen molar-refractivity contribution in [3.8, 4) is 11.5 Å². The average molecular weight is 751 g/mol. The summed E-state index contributed by atoms with van der Waals surface area (Å²) < 4.78 is 7.31. The average Bonchev–Trinajstić information content (AvgIpc) is 3.21. The van der Waals surface area contributed by atoms with Gasteiger partial charge >= 0.3 is 0 Å². The molecular weight excluding hydrogens is 714 g/mol. The van der Waals surface area contributed by atoms with Gasteiger partial charge in [-0.3, -0.25) is 0 Å². The first-order chi connectivity index (χ1) is 26.2. The van der Waals surface area contributed by atoms with E-state index < -0.39 is 0 Å². The van der Waals surface area contributed by atoms with Crippen LogP contribution < -0.4 is 19.4 Å². The van der Waals surface area contributed by atoms with Crippen molar-refractivity contribution in [3.05, 3.63) is 223 Å². The Morgan fingerprint density at radius 1 is 0.264 bits per heavy atom. The van der Waals surface area contributed by atoms with Crippen LogP contribution in [0.4, 0.5) is 51.2 Å². The van der Waals surface area contributed by atoms with Gasteiger partial charge in [0.2, 0.25) is 0 Å². The van der Waals surface area contributed by atoms with Gasteiger partial charge in [0.1, 0.15) is 11.5 Å². The highest BCUT2D eigenvalue weighted by Gasteiger charge is 2.22. The summed E-state index contributed by atoms with van der Waals surface area (Å²) in [5.41, 5.74) is 9.15. The molecule has 0 amide bonds. The molecule has 4 nitrogen and oxygen atoms in total. The lowest BCUT2D eigenvalue weighted by atomic mass is 10.1. The lowest BCUT2D eigenvalue weighted by molar-refractivity contribution is 0.482. The lowest BCUT2D eigenvalue weighted by Crippen LogP contribution is -2.16. The second-order valence-electron chi connectivity index (χ2n) is 12.5. The maximum absolute atomic E-state index is 6.40. The van der Waals surface area contributed by atoms with Crippen LogP contribution in [-0.4, -0.2) is 0 Å². The highest BCUT2D eigenvalue weighted by Crippen LogP contribution is 2.46. The molecule has 0 atom stereocenters.